The highest BCUT2D eigenvalue weighted by molar-refractivity contribution is 7.14. The third-order valence-electron chi connectivity index (χ3n) is 4.23. The first-order chi connectivity index (χ1) is 12.9. The predicted octanol–water partition coefficient (Wildman–Crippen LogP) is 3.14. The van der Waals surface area contributed by atoms with Crippen molar-refractivity contribution in [3.63, 3.8) is 0 Å². The summed E-state index contributed by atoms with van der Waals surface area (Å²) in [5.74, 6) is -1.35. The van der Waals surface area contributed by atoms with Crippen LogP contribution < -0.4 is 5.32 Å². The molecule has 0 spiro atoms. The minimum Gasteiger partial charge on any atom is -0.451 e. The van der Waals surface area contributed by atoms with E-state index in [1.54, 1.807) is 24.3 Å². The predicted molar refractivity (Wildman–Crippen MR) is 104 cm³/mol. The number of rotatable bonds is 6. The fourth-order valence-electron chi connectivity index (χ4n) is 2.79. The minimum atomic E-state index is -0.503. The molecule has 0 aliphatic heterocycles. The lowest BCUT2D eigenvalue weighted by molar-refractivity contribution is -0.136. The number of carbonyl (C=O) groups excluding carboxylic acids is 3. The smallest absolute Gasteiger partial charge is 0.348 e. The molecule has 0 radical (unpaired) electrons. The van der Waals surface area contributed by atoms with Gasteiger partial charge in [-0.15, -0.1) is 11.3 Å². The maximum Gasteiger partial charge on any atom is 0.348 e. The number of thiophene rings is 1. The molecule has 1 aliphatic carbocycles. The van der Waals surface area contributed by atoms with Crippen LogP contribution in [0, 0.1) is 0 Å². The van der Waals surface area contributed by atoms with Gasteiger partial charge in [0.2, 0.25) is 5.91 Å². The summed E-state index contributed by atoms with van der Waals surface area (Å²) in [6.07, 6.45) is 3.10. The van der Waals surface area contributed by atoms with Crippen LogP contribution in [0.3, 0.4) is 0 Å². The van der Waals surface area contributed by atoms with E-state index in [0.717, 1.165) is 19.3 Å². The average molecular weight is 407 g/mol. The number of likely N-dealkylation sites (N-methyl/N-ethyl adjacent to an activating group) is 1. The molecule has 3 rings (SSSR count). The Morgan fingerprint density at radius 3 is 2.78 bits per heavy atom. The number of amides is 2. The van der Waals surface area contributed by atoms with Crippen molar-refractivity contribution in [2.45, 2.75) is 19.3 Å². The van der Waals surface area contributed by atoms with Crippen LogP contribution in [0.1, 0.15) is 26.5 Å². The normalized spacial score (nSPS) is 12.4. The fraction of sp³-hybridized carbons (Fsp3) is 0.316. The Hall–Kier alpha value is -2.38. The number of benzene rings is 1. The monoisotopic (exact) mass is 406 g/mol. The van der Waals surface area contributed by atoms with Gasteiger partial charge in [-0.3, -0.25) is 9.59 Å². The summed E-state index contributed by atoms with van der Waals surface area (Å²) >= 11 is 7.41. The van der Waals surface area contributed by atoms with E-state index in [2.05, 4.69) is 5.32 Å². The average Bonchev–Trinajstić information content (AvgIpc) is 3.23. The van der Waals surface area contributed by atoms with Crippen LogP contribution in [-0.2, 0) is 27.2 Å². The number of ether oxygens (including phenoxy) is 1. The zero-order valence-corrected chi connectivity index (χ0v) is 16.4. The Morgan fingerprint density at radius 1 is 1.26 bits per heavy atom. The minimum absolute atomic E-state index is 0.172. The summed E-state index contributed by atoms with van der Waals surface area (Å²) in [5.41, 5.74) is 1.67. The molecule has 1 aromatic carbocycles. The van der Waals surface area contributed by atoms with E-state index in [0.29, 0.717) is 15.6 Å². The van der Waals surface area contributed by atoms with Crippen molar-refractivity contribution >= 4 is 46.4 Å². The van der Waals surface area contributed by atoms with Crippen LogP contribution >= 0.6 is 22.9 Å². The zero-order chi connectivity index (χ0) is 19.4. The number of para-hydroxylation sites is 1. The van der Waals surface area contributed by atoms with Crippen LogP contribution in [-0.4, -0.2) is 42.9 Å². The van der Waals surface area contributed by atoms with Crippen molar-refractivity contribution < 1.29 is 19.1 Å². The summed E-state index contributed by atoms with van der Waals surface area (Å²) in [6, 6.07) is 8.68. The lowest BCUT2D eigenvalue weighted by Crippen LogP contribution is -2.37. The lowest BCUT2D eigenvalue weighted by Gasteiger charge is -2.17. The van der Waals surface area contributed by atoms with Gasteiger partial charge in [0, 0.05) is 11.9 Å². The zero-order valence-electron chi connectivity index (χ0n) is 14.8. The van der Waals surface area contributed by atoms with Crippen LogP contribution in [0.5, 0.6) is 0 Å². The molecule has 2 aromatic rings. The van der Waals surface area contributed by atoms with Crippen LogP contribution in [0.4, 0.5) is 5.69 Å². The molecular formula is C19H19ClN2O4S. The summed E-state index contributed by atoms with van der Waals surface area (Å²) in [5, 5.41) is 3.05. The third kappa shape index (κ3) is 4.87. The standard InChI is InChI=1S/C19H19ClN2O4S/c1-22(10-17(23)21-14-7-3-2-6-13(14)20)18(24)11-26-19(25)16-9-12-5-4-8-15(12)27-16/h2-3,6-7,9H,4-5,8,10-11H2,1H3,(H,21,23). The van der Waals surface area contributed by atoms with Gasteiger partial charge in [-0.05, 0) is 43.0 Å². The Balaban J connectivity index is 1.46. The first-order valence-electron chi connectivity index (χ1n) is 8.51. The highest BCUT2D eigenvalue weighted by Gasteiger charge is 2.21. The van der Waals surface area contributed by atoms with Gasteiger partial charge in [0.1, 0.15) is 4.88 Å². The fourth-order valence-corrected chi connectivity index (χ4v) is 4.12. The second-order valence-electron chi connectivity index (χ2n) is 6.27. The van der Waals surface area contributed by atoms with Gasteiger partial charge in [0.25, 0.3) is 5.91 Å². The number of nitrogens with one attached hydrogen (secondary N) is 1. The van der Waals surface area contributed by atoms with E-state index in [9.17, 15) is 14.4 Å². The molecule has 8 heteroatoms. The molecule has 0 bridgehead atoms. The number of aryl methyl sites for hydroxylation is 2. The van der Waals surface area contributed by atoms with Crippen LogP contribution in [0.25, 0.3) is 0 Å². The first kappa shape index (κ1) is 19.4. The van der Waals surface area contributed by atoms with Gasteiger partial charge in [-0.1, -0.05) is 23.7 Å². The van der Waals surface area contributed by atoms with E-state index in [1.807, 2.05) is 6.07 Å². The van der Waals surface area contributed by atoms with E-state index < -0.39 is 18.5 Å². The molecule has 27 heavy (non-hydrogen) atoms. The van der Waals surface area contributed by atoms with Gasteiger partial charge in [0.15, 0.2) is 6.61 Å². The maximum absolute atomic E-state index is 12.1. The SMILES string of the molecule is CN(CC(=O)Nc1ccccc1Cl)C(=O)COC(=O)c1cc2c(s1)CCC2. The lowest BCUT2D eigenvalue weighted by atomic mass is 10.2. The summed E-state index contributed by atoms with van der Waals surface area (Å²) in [4.78, 5) is 39.2. The number of carbonyl (C=O) groups is 3. The first-order valence-corrected chi connectivity index (χ1v) is 9.70. The molecule has 0 saturated carbocycles. The molecule has 1 aromatic heterocycles. The van der Waals surface area contributed by atoms with Crippen LogP contribution in [0.15, 0.2) is 30.3 Å². The molecular weight excluding hydrogens is 388 g/mol. The van der Waals surface area contributed by atoms with E-state index in [1.165, 1.54) is 33.7 Å². The van der Waals surface area contributed by atoms with E-state index >= 15 is 0 Å². The molecule has 6 nitrogen and oxygen atoms in total. The second kappa shape index (κ2) is 8.54. The number of fused-ring (bicyclic) bond motifs is 1. The third-order valence-corrected chi connectivity index (χ3v) is 5.78. The number of hydrogen-bond donors (Lipinski definition) is 1. The molecule has 0 unspecified atom stereocenters. The summed E-state index contributed by atoms with van der Waals surface area (Å²) in [7, 11) is 1.47. The second-order valence-corrected chi connectivity index (χ2v) is 7.81. The Kier molecular flexibility index (Phi) is 6.13. The topological polar surface area (TPSA) is 75.7 Å². The van der Waals surface area contributed by atoms with Gasteiger partial charge < -0.3 is 15.0 Å². The molecule has 0 saturated heterocycles. The largest absolute Gasteiger partial charge is 0.451 e. The molecule has 0 atom stereocenters. The number of anilines is 1. The summed E-state index contributed by atoms with van der Waals surface area (Å²) < 4.78 is 5.09. The molecule has 2 amide bonds. The van der Waals surface area contributed by atoms with Crippen molar-refractivity contribution in [2.24, 2.45) is 0 Å². The van der Waals surface area contributed by atoms with Gasteiger partial charge in [0.05, 0.1) is 17.3 Å². The van der Waals surface area contributed by atoms with Crippen LogP contribution in [0.2, 0.25) is 5.02 Å². The summed E-state index contributed by atoms with van der Waals surface area (Å²) in [6.45, 7) is -0.577. The van der Waals surface area contributed by atoms with Crippen molar-refractivity contribution in [2.75, 3.05) is 25.5 Å². The number of nitrogens with zero attached hydrogens (tertiary/aromatic N) is 1. The Morgan fingerprint density at radius 2 is 2.04 bits per heavy atom. The van der Waals surface area contributed by atoms with Gasteiger partial charge in [-0.2, -0.15) is 0 Å². The van der Waals surface area contributed by atoms with Crippen molar-refractivity contribution in [1.82, 2.24) is 4.90 Å². The molecule has 1 heterocycles. The van der Waals surface area contributed by atoms with Gasteiger partial charge in [-0.25, -0.2) is 4.79 Å². The van der Waals surface area contributed by atoms with Gasteiger partial charge >= 0.3 is 5.97 Å². The molecule has 1 N–H and O–H groups in total. The van der Waals surface area contributed by atoms with Crippen molar-refractivity contribution in [1.29, 1.82) is 0 Å². The van der Waals surface area contributed by atoms with Crippen molar-refractivity contribution in [3.8, 4) is 0 Å². The Labute approximate surface area is 166 Å². The molecule has 142 valence electrons. The van der Waals surface area contributed by atoms with E-state index in [-0.39, 0.29) is 12.5 Å². The number of halogens is 1. The highest BCUT2D eigenvalue weighted by Crippen LogP contribution is 2.30. The maximum atomic E-state index is 12.1. The Bertz CT molecular complexity index is 859. The van der Waals surface area contributed by atoms with E-state index in [4.69, 9.17) is 16.3 Å². The number of esters is 1. The quantitative estimate of drug-likeness (QED) is 0.748. The molecule has 0 fully saturated rings. The molecule has 1 aliphatic rings. The van der Waals surface area contributed by atoms with Crippen molar-refractivity contribution in [3.05, 3.63) is 50.7 Å². The number of hydrogen-bond acceptors (Lipinski definition) is 5. The highest BCUT2D eigenvalue weighted by atomic mass is 35.5.